The molecule has 0 saturated heterocycles. The van der Waals surface area contributed by atoms with Crippen molar-refractivity contribution in [2.45, 2.75) is 0 Å². The summed E-state index contributed by atoms with van der Waals surface area (Å²) in [7, 11) is 0. The van der Waals surface area contributed by atoms with E-state index in [1.807, 2.05) is 0 Å². The lowest BCUT2D eigenvalue weighted by molar-refractivity contribution is 0.102. The summed E-state index contributed by atoms with van der Waals surface area (Å²) in [6.45, 7) is 0. The van der Waals surface area contributed by atoms with Crippen LogP contribution in [0.1, 0.15) is 15.9 Å². The molecule has 0 aliphatic rings. The number of carbonyl (C=O) groups excluding carboxylic acids is 1. The van der Waals surface area contributed by atoms with Crippen LogP contribution in [0.25, 0.3) is 0 Å². The Kier molecular flexibility index (Phi) is 3.72. The van der Waals surface area contributed by atoms with E-state index in [-0.39, 0.29) is 11.7 Å². The predicted octanol–water partition coefficient (Wildman–Crippen LogP) is 1.43. The normalized spacial score (nSPS) is 11.1. The number of amidine groups is 1. The number of nitrogens with two attached hydrogens (primary N) is 1. The van der Waals surface area contributed by atoms with Gasteiger partial charge >= 0.3 is 0 Å². The molecule has 2 rings (SSSR count). The van der Waals surface area contributed by atoms with E-state index in [1.54, 1.807) is 48.8 Å². The molecule has 1 aromatic heterocycles. The Balaban J connectivity index is 2.18. The van der Waals surface area contributed by atoms with Gasteiger partial charge in [0, 0.05) is 29.2 Å². The molecule has 1 aromatic carbocycles. The van der Waals surface area contributed by atoms with E-state index in [2.05, 4.69) is 15.5 Å². The monoisotopic (exact) mass is 256 g/mol. The molecule has 0 atom stereocenters. The molecule has 6 nitrogen and oxygen atoms in total. The van der Waals surface area contributed by atoms with Gasteiger partial charge in [-0.25, -0.2) is 0 Å². The van der Waals surface area contributed by atoms with Crippen LogP contribution in [0.15, 0.2) is 53.9 Å². The Morgan fingerprint density at radius 1 is 1.21 bits per heavy atom. The number of carbonyl (C=O) groups is 1. The molecule has 0 aliphatic heterocycles. The zero-order valence-electron chi connectivity index (χ0n) is 9.95. The number of anilines is 1. The number of benzene rings is 1. The van der Waals surface area contributed by atoms with E-state index < -0.39 is 0 Å². The second-order valence-corrected chi connectivity index (χ2v) is 3.76. The van der Waals surface area contributed by atoms with Gasteiger partial charge in [-0.3, -0.25) is 9.78 Å². The summed E-state index contributed by atoms with van der Waals surface area (Å²) in [6, 6.07) is 9.94. The van der Waals surface area contributed by atoms with E-state index in [1.165, 1.54) is 0 Å². The summed E-state index contributed by atoms with van der Waals surface area (Å²) in [6.07, 6.45) is 3.09. The molecule has 96 valence electrons. The number of hydrogen-bond acceptors (Lipinski definition) is 4. The van der Waals surface area contributed by atoms with E-state index >= 15 is 0 Å². The Hall–Kier alpha value is -2.89. The van der Waals surface area contributed by atoms with Gasteiger partial charge in [0.2, 0.25) is 0 Å². The van der Waals surface area contributed by atoms with Gasteiger partial charge in [-0.2, -0.15) is 0 Å². The SMILES string of the molecule is N/C(=N/O)c1cccc(NC(=O)c2ccncc2)c1. The summed E-state index contributed by atoms with van der Waals surface area (Å²) < 4.78 is 0. The van der Waals surface area contributed by atoms with Gasteiger partial charge in [0.15, 0.2) is 5.84 Å². The van der Waals surface area contributed by atoms with Crippen molar-refractivity contribution in [2.75, 3.05) is 5.32 Å². The summed E-state index contributed by atoms with van der Waals surface area (Å²) >= 11 is 0. The summed E-state index contributed by atoms with van der Waals surface area (Å²) in [5, 5.41) is 14.2. The Morgan fingerprint density at radius 2 is 1.95 bits per heavy atom. The fourth-order valence-electron chi connectivity index (χ4n) is 1.52. The van der Waals surface area contributed by atoms with Crippen LogP contribution in [0.2, 0.25) is 0 Å². The van der Waals surface area contributed by atoms with Crippen molar-refractivity contribution in [3.63, 3.8) is 0 Å². The molecular weight excluding hydrogens is 244 g/mol. The number of rotatable bonds is 3. The van der Waals surface area contributed by atoms with E-state index in [4.69, 9.17) is 10.9 Å². The van der Waals surface area contributed by atoms with Gasteiger partial charge < -0.3 is 16.3 Å². The van der Waals surface area contributed by atoms with Crippen molar-refractivity contribution in [1.29, 1.82) is 0 Å². The quantitative estimate of drug-likeness (QED) is 0.334. The lowest BCUT2D eigenvalue weighted by atomic mass is 10.1. The summed E-state index contributed by atoms with van der Waals surface area (Å²) in [5.74, 6) is -0.265. The molecule has 1 heterocycles. The van der Waals surface area contributed by atoms with Gasteiger partial charge in [-0.05, 0) is 24.3 Å². The van der Waals surface area contributed by atoms with E-state index in [0.29, 0.717) is 16.8 Å². The highest BCUT2D eigenvalue weighted by Crippen LogP contribution is 2.12. The van der Waals surface area contributed by atoms with Gasteiger partial charge in [-0.1, -0.05) is 17.3 Å². The minimum absolute atomic E-state index is 0.0139. The fraction of sp³-hybridized carbons (Fsp3) is 0. The molecule has 0 bridgehead atoms. The number of aromatic nitrogens is 1. The smallest absolute Gasteiger partial charge is 0.255 e. The number of pyridine rings is 1. The third kappa shape index (κ3) is 3.06. The molecule has 0 unspecified atom stereocenters. The average molecular weight is 256 g/mol. The topological polar surface area (TPSA) is 101 Å². The van der Waals surface area contributed by atoms with Crippen molar-refractivity contribution < 1.29 is 10.0 Å². The molecule has 6 heteroatoms. The van der Waals surface area contributed by atoms with Crippen molar-refractivity contribution >= 4 is 17.4 Å². The molecule has 4 N–H and O–H groups in total. The molecule has 19 heavy (non-hydrogen) atoms. The molecule has 1 amide bonds. The first-order valence-corrected chi connectivity index (χ1v) is 5.50. The van der Waals surface area contributed by atoms with Crippen LogP contribution < -0.4 is 11.1 Å². The van der Waals surface area contributed by atoms with E-state index in [9.17, 15) is 4.79 Å². The number of hydrogen-bond donors (Lipinski definition) is 3. The van der Waals surface area contributed by atoms with Crippen LogP contribution in [-0.4, -0.2) is 21.9 Å². The summed E-state index contributed by atoms with van der Waals surface area (Å²) in [5.41, 5.74) is 7.07. The maximum atomic E-state index is 11.9. The third-order valence-electron chi connectivity index (χ3n) is 2.47. The van der Waals surface area contributed by atoms with E-state index in [0.717, 1.165) is 0 Å². The molecule has 0 aliphatic carbocycles. The highest BCUT2D eigenvalue weighted by molar-refractivity contribution is 6.05. The molecule has 0 spiro atoms. The third-order valence-corrected chi connectivity index (χ3v) is 2.47. The predicted molar refractivity (Wildman–Crippen MR) is 71.1 cm³/mol. The molecular formula is C13H12N4O2. The van der Waals surface area contributed by atoms with Crippen LogP contribution in [0.5, 0.6) is 0 Å². The van der Waals surface area contributed by atoms with Gasteiger partial charge in [-0.15, -0.1) is 0 Å². The molecule has 0 fully saturated rings. The Bertz CT molecular complexity index is 611. The number of nitrogens with one attached hydrogen (secondary N) is 1. The minimum atomic E-state index is -0.251. The van der Waals surface area contributed by atoms with Crippen molar-refractivity contribution in [3.8, 4) is 0 Å². The summed E-state index contributed by atoms with van der Waals surface area (Å²) in [4.78, 5) is 15.8. The lowest BCUT2D eigenvalue weighted by Crippen LogP contribution is -2.15. The highest BCUT2D eigenvalue weighted by Gasteiger charge is 2.06. The van der Waals surface area contributed by atoms with Crippen LogP contribution in [0.3, 0.4) is 0 Å². The maximum Gasteiger partial charge on any atom is 0.255 e. The zero-order chi connectivity index (χ0) is 13.7. The number of amides is 1. The highest BCUT2D eigenvalue weighted by atomic mass is 16.4. The standard InChI is InChI=1S/C13H12N4O2/c14-12(17-19)10-2-1-3-11(8-10)16-13(18)9-4-6-15-7-5-9/h1-8,19H,(H2,14,17)(H,16,18). The van der Waals surface area contributed by atoms with Gasteiger partial charge in [0.1, 0.15) is 0 Å². The van der Waals surface area contributed by atoms with Crippen LogP contribution in [0, 0.1) is 0 Å². The first kappa shape index (κ1) is 12.6. The number of nitrogens with zero attached hydrogens (tertiary/aromatic N) is 2. The largest absolute Gasteiger partial charge is 0.409 e. The van der Waals surface area contributed by atoms with Crippen LogP contribution in [-0.2, 0) is 0 Å². The van der Waals surface area contributed by atoms with Crippen molar-refractivity contribution in [1.82, 2.24) is 4.98 Å². The first-order chi connectivity index (χ1) is 9.20. The Labute approximate surface area is 109 Å². The van der Waals surface area contributed by atoms with Crippen molar-refractivity contribution in [2.24, 2.45) is 10.9 Å². The fourth-order valence-corrected chi connectivity index (χ4v) is 1.52. The Morgan fingerprint density at radius 3 is 2.63 bits per heavy atom. The van der Waals surface area contributed by atoms with Crippen LogP contribution in [0.4, 0.5) is 5.69 Å². The van der Waals surface area contributed by atoms with Crippen LogP contribution >= 0.6 is 0 Å². The molecule has 0 radical (unpaired) electrons. The number of oxime groups is 1. The molecule has 2 aromatic rings. The maximum absolute atomic E-state index is 11.9. The minimum Gasteiger partial charge on any atom is -0.409 e. The van der Waals surface area contributed by atoms with Gasteiger partial charge in [0.25, 0.3) is 5.91 Å². The first-order valence-electron chi connectivity index (χ1n) is 5.50. The zero-order valence-corrected chi connectivity index (χ0v) is 9.95. The lowest BCUT2D eigenvalue weighted by Gasteiger charge is -2.06. The second-order valence-electron chi connectivity index (χ2n) is 3.76. The molecule has 0 saturated carbocycles. The van der Waals surface area contributed by atoms with Crippen molar-refractivity contribution in [3.05, 3.63) is 59.9 Å². The second kappa shape index (κ2) is 5.63. The average Bonchev–Trinajstić information content (AvgIpc) is 2.47. The van der Waals surface area contributed by atoms with Gasteiger partial charge in [0.05, 0.1) is 0 Å².